The number of piperidine rings is 1. The molecule has 0 aliphatic carbocycles. The molecule has 1 aromatic carbocycles. The van der Waals surface area contributed by atoms with Gasteiger partial charge in [-0.1, -0.05) is 12.1 Å². The molecule has 2 heterocycles. The summed E-state index contributed by atoms with van der Waals surface area (Å²) >= 11 is 0. The highest BCUT2D eigenvalue weighted by Crippen LogP contribution is 2.21. The van der Waals surface area contributed by atoms with E-state index < -0.39 is 0 Å². The number of fused-ring (bicyclic) bond motifs is 1. The maximum atomic E-state index is 12.3. The van der Waals surface area contributed by atoms with E-state index in [1.165, 1.54) is 4.90 Å². The molecule has 2 amide bonds. The van der Waals surface area contributed by atoms with Gasteiger partial charge in [0.1, 0.15) is 0 Å². The van der Waals surface area contributed by atoms with E-state index in [-0.39, 0.29) is 25.0 Å². The van der Waals surface area contributed by atoms with Crippen LogP contribution in [0.1, 0.15) is 33.6 Å². The number of benzene rings is 1. The molecule has 0 bridgehead atoms. The molecule has 41 heavy (non-hydrogen) atoms. The van der Waals surface area contributed by atoms with Crippen LogP contribution in [0.15, 0.2) is 24.3 Å². The van der Waals surface area contributed by atoms with Crippen molar-refractivity contribution in [3.8, 4) is 0 Å². The number of imide groups is 1. The average molecular weight is 583 g/mol. The second kappa shape index (κ2) is 21.7. The molecule has 12 nitrogen and oxygen atoms in total. The Morgan fingerprint density at radius 1 is 0.561 bits per heavy atom. The van der Waals surface area contributed by atoms with Crippen molar-refractivity contribution in [3.63, 3.8) is 0 Å². The lowest BCUT2D eigenvalue weighted by Gasteiger charge is -2.22. The van der Waals surface area contributed by atoms with Crippen LogP contribution in [0.4, 0.5) is 0 Å². The Kier molecular flexibility index (Phi) is 17.7. The Morgan fingerprint density at radius 2 is 0.927 bits per heavy atom. The molecule has 0 unspecified atom stereocenters. The van der Waals surface area contributed by atoms with Crippen molar-refractivity contribution in [1.82, 2.24) is 10.2 Å². The van der Waals surface area contributed by atoms with Crippen molar-refractivity contribution in [2.45, 2.75) is 18.9 Å². The van der Waals surface area contributed by atoms with Crippen LogP contribution >= 0.6 is 0 Å². The smallest absolute Gasteiger partial charge is 0.261 e. The van der Waals surface area contributed by atoms with Crippen molar-refractivity contribution >= 4 is 11.8 Å². The van der Waals surface area contributed by atoms with Crippen LogP contribution < -0.4 is 5.32 Å². The summed E-state index contributed by atoms with van der Waals surface area (Å²) in [4.78, 5) is 25.8. The summed E-state index contributed by atoms with van der Waals surface area (Å²) in [6.45, 7) is 9.58. The molecule has 1 saturated heterocycles. The van der Waals surface area contributed by atoms with Gasteiger partial charge in [0.2, 0.25) is 0 Å². The second-order valence-corrected chi connectivity index (χ2v) is 9.41. The lowest BCUT2D eigenvalue weighted by Crippen LogP contribution is -2.33. The maximum Gasteiger partial charge on any atom is 0.261 e. The molecule has 2 aliphatic heterocycles. The van der Waals surface area contributed by atoms with Crippen molar-refractivity contribution in [3.05, 3.63) is 35.4 Å². The number of hydrogen-bond donors (Lipinski definition) is 1. The molecule has 0 saturated carbocycles. The van der Waals surface area contributed by atoms with Gasteiger partial charge in [-0.15, -0.1) is 0 Å². The average Bonchev–Trinajstić information content (AvgIpc) is 3.24. The van der Waals surface area contributed by atoms with Gasteiger partial charge in [0, 0.05) is 0 Å². The van der Waals surface area contributed by atoms with E-state index in [0.717, 1.165) is 25.9 Å². The first-order chi connectivity index (χ1) is 20.3. The number of hydrogen-bond acceptors (Lipinski definition) is 11. The van der Waals surface area contributed by atoms with Gasteiger partial charge in [0.15, 0.2) is 0 Å². The SMILES string of the molecule is O=C1c2ccccc2C(=O)N1CCOCCOCCOCCOCCOCCOCCOCCOC1CCNCC1. The third-order valence-electron chi connectivity index (χ3n) is 6.44. The van der Waals surface area contributed by atoms with Gasteiger partial charge in [0.25, 0.3) is 11.8 Å². The fraction of sp³-hybridized carbons (Fsp3) is 0.724. The molecule has 3 rings (SSSR count). The molecule has 1 N–H and O–H groups in total. The Bertz CT molecular complexity index is 818. The van der Waals surface area contributed by atoms with Crippen LogP contribution in [0, 0.1) is 0 Å². The Morgan fingerprint density at radius 3 is 1.34 bits per heavy atom. The summed E-state index contributed by atoms with van der Waals surface area (Å²) < 4.78 is 44.1. The van der Waals surface area contributed by atoms with Crippen molar-refractivity contribution in [1.29, 1.82) is 0 Å². The van der Waals surface area contributed by atoms with E-state index in [4.69, 9.17) is 37.9 Å². The minimum absolute atomic E-state index is 0.221. The first kappa shape index (κ1) is 33.5. The molecule has 0 spiro atoms. The van der Waals surface area contributed by atoms with E-state index in [9.17, 15) is 9.59 Å². The van der Waals surface area contributed by atoms with Gasteiger partial charge >= 0.3 is 0 Å². The largest absolute Gasteiger partial charge is 0.377 e. The fourth-order valence-electron chi connectivity index (χ4n) is 4.26. The van der Waals surface area contributed by atoms with Gasteiger partial charge in [-0.25, -0.2) is 0 Å². The first-order valence-electron chi connectivity index (χ1n) is 14.6. The Labute approximate surface area is 242 Å². The highest BCUT2D eigenvalue weighted by Gasteiger charge is 2.34. The van der Waals surface area contributed by atoms with Crippen molar-refractivity contribution in [2.24, 2.45) is 0 Å². The summed E-state index contributed by atoms with van der Waals surface area (Å²) in [6, 6.07) is 6.83. The summed E-state index contributed by atoms with van der Waals surface area (Å²) in [5, 5.41) is 3.32. The quantitative estimate of drug-likeness (QED) is 0.132. The fourth-order valence-corrected chi connectivity index (χ4v) is 4.26. The number of carbonyl (C=O) groups is 2. The zero-order valence-corrected chi connectivity index (χ0v) is 24.1. The van der Waals surface area contributed by atoms with E-state index in [1.807, 2.05) is 0 Å². The number of carbonyl (C=O) groups excluding carboxylic acids is 2. The summed E-state index contributed by atoms with van der Waals surface area (Å²) in [7, 11) is 0. The van der Waals surface area contributed by atoms with Crippen LogP contribution in [0.5, 0.6) is 0 Å². The van der Waals surface area contributed by atoms with Crippen LogP contribution in [0.2, 0.25) is 0 Å². The van der Waals surface area contributed by atoms with Crippen molar-refractivity contribution in [2.75, 3.05) is 119 Å². The molecule has 2 aliphatic rings. The predicted octanol–water partition coefficient (Wildman–Crippen LogP) is 1.17. The van der Waals surface area contributed by atoms with E-state index >= 15 is 0 Å². The molecule has 1 aromatic rings. The normalized spacial score (nSPS) is 15.7. The number of amides is 2. The van der Waals surface area contributed by atoms with E-state index in [1.54, 1.807) is 24.3 Å². The van der Waals surface area contributed by atoms with Crippen LogP contribution in [-0.4, -0.2) is 142 Å². The topological polar surface area (TPSA) is 123 Å². The van der Waals surface area contributed by atoms with Gasteiger partial charge < -0.3 is 43.2 Å². The molecule has 1 fully saturated rings. The second-order valence-electron chi connectivity index (χ2n) is 9.41. The maximum absolute atomic E-state index is 12.3. The highest BCUT2D eigenvalue weighted by atomic mass is 16.6. The lowest BCUT2D eigenvalue weighted by atomic mass is 10.1. The van der Waals surface area contributed by atoms with Gasteiger partial charge in [-0.3, -0.25) is 14.5 Å². The molecular formula is C29H46N2O10. The van der Waals surface area contributed by atoms with Crippen molar-refractivity contribution < 1.29 is 47.5 Å². The minimum atomic E-state index is -0.272. The standard InChI is InChI=1S/C29H46N2O10/c32-28-26-3-1-2-4-27(26)29(33)31(28)9-10-34-11-12-35-13-14-36-15-16-37-17-18-38-19-20-39-21-22-40-23-24-41-25-5-7-30-8-6-25/h1-4,25,30H,5-24H2. The summed E-state index contributed by atoms with van der Waals surface area (Å²) in [6.07, 6.45) is 2.51. The minimum Gasteiger partial charge on any atom is -0.377 e. The molecule has 0 aromatic heterocycles. The van der Waals surface area contributed by atoms with Crippen LogP contribution in [0.25, 0.3) is 0 Å². The zero-order valence-electron chi connectivity index (χ0n) is 24.1. The van der Waals surface area contributed by atoms with Gasteiger partial charge in [0.05, 0.1) is 123 Å². The lowest BCUT2D eigenvalue weighted by molar-refractivity contribution is -0.0314. The zero-order chi connectivity index (χ0) is 28.8. The number of nitrogens with one attached hydrogen (secondary N) is 1. The summed E-state index contributed by atoms with van der Waals surface area (Å²) in [5.41, 5.74) is 0.894. The predicted molar refractivity (Wildman–Crippen MR) is 149 cm³/mol. The van der Waals surface area contributed by atoms with E-state index in [2.05, 4.69) is 5.32 Å². The molecule has 0 radical (unpaired) electrons. The van der Waals surface area contributed by atoms with Gasteiger partial charge in [-0.2, -0.15) is 0 Å². The van der Waals surface area contributed by atoms with Gasteiger partial charge in [-0.05, 0) is 38.1 Å². The first-order valence-corrected chi connectivity index (χ1v) is 14.6. The third-order valence-corrected chi connectivity index (χ3v) is 6.44. The molecule has 0 atom stereocenters. The Hall–Kier alpha value is -2.00. The number of ether oxygens (including phenoxy) is 8. The highest BCUT2D eigenvalue weighted by molar-refractivity contribution is 6.21. The Balaban J connectivity index is 0.964. The number of rotatable bonds is 25. The van der Waals surface area contributed by atoms with Crippen LogP contribution in [0.3, 0.4) is 0 Å². The molecule has 12 heteroatoms. The number of nitrogens with zero attached hydrogens (tertiary/aromatic N) is 1. The van der Waals surface area contributed by atoms with Crippen LogP contribution in [-0.2, 0) is 37.9 Å². The molecule has 232 valence electrons. The summed E-state index contributed by atoms with van der Waals surface area (Å²) in [5.74, 6) is -0.544. The van der Waals surface area contributed by atoms with E-state index in [0.29, 0.717) is 110 Å². The third kappa shape index (κ3) is 13.7. The molecular weight excluding hydrogens is 536 g/mol. The monoisotopic (exact) mass is 582 g/mol.